The SMILES string of the molecule is O=C1NCCCOc2ccc3[nH]nc(c3c2)-c2cnc(s2)CCO1. The zero-order valence-electron chi connectivity index (χ0n) is 12.9. The highest BCUT2D eigenvalue weighted by Gasteiger charge is 2.13. The molecule has 0 fully saturated rings. The summed E-state index contributed by atoms with van der Waals surface area (Å²) in [6, 6.07) is 5.86. The fourth-order valence-corrected chi connectivity index (χ4v) is 3.44. The summed E-state index contributed by atoms with van der Waals surface area (Å²) < 4.78 is 10.9. The topological polar surface area (TPSA) is 89.1 Å². The van der Waals surface area contributed by atoms with Gasteiger partial charge in [-0.25, -0.2) is 9.78 Å². The predicted molar refractivity (Wildman–Crippen MR) is 90.4 cm³/mol. The van der Waals surface area contributed by atoms with E-state index in [1.807, 2.05) is 18.2 Å². The maximum atomic E-state index is 11.6. The van der Waals surface area contributed by atoms with Gasteiger partial charge in [-0.05, 0) is 24.6 Å². The van der Waals surface area contributed by atoms with E-state index in [2.05, 4.69) is 20.5 Å². The van der Waals surface area contributed by atoms with E-state index < -0.39 is 6.09 Å². The molecule has 0 aliphatic carbocycles. The second-order valence-corrected chi connectivity index (χ2v) is 6.53. The molecule has 0 spiro atoms. The summed E-state index contributed by atoms with van der Waals surface area (Å²) in [4.78, 5) is 16.9. The zero-order valence-corrected chi connectivity index (χ0v) is 13.7. The summed E-state index contributed by atoms with van der Waals surface area (Å²) in [6.45, 7) is 1.34. The van der Waals surface area contributed by atoms with Crippen molar-refractivity contribution in [3.05, 3.63) is 29.4 Å². The van der Waals surface area contributed by atoms with E-state index in [-0.39, 0.29) is 0 Å². The average molecular weight is 344 g/mol. The number of amides is 1. The fourth-order valence-electron chi connectivity index (χ4n) is 2.54. The van der Waals surface area contributed by atoms with Crippen LogP contribution in [0.3, 0.4) is 0 Å². The molecule has 1 amide bonds. The summed E-state index contributed by atoms with van der Waals surface area (Å²) in [5, 5.41) is 12.1. The first-order valence-electron chi connectivity index (χ1n) is 7.76. The molecular weight excluding hydrogens is 328 g/mol. The number of fused-ring (bicyclic) bond motifs is 4. The highest BCUT2D eigenvalue weighted by atomic mass is 32.1. The van der Waals surface area contributed by atoms with Crippen molar-refractivity contribution in [2.75, 3.05) is 19.8 Å². The van der Waals surface area contributed by atoms with Crippen molar-refractivity contribution in [2.45, 2.75) is 12.8 Å². The number of benzene rings is 1. The number of hydrogen-bond donors (Lipinski definition) is 2. The molecule has 3 aromatic rings. The van der Waals surface area contributed by atoms with Gasteiger partial charge in [0.25, 0.3) is 0 Å². The van der Waals surface area contributed by atoms with Crippen LogP contribution in [0.25, 0.3) is 21.5 Å². The number of hydrogen-bond acceptors (Lipinski definition) is 6. The Morgan fingerprint density at radius 3 is 3.12 bits per heavy atom. The van der Waals surface area contributed by atoms with Gasteiger partial charge in [-0.1, -0.05) is 0 Å². The minimum absolute atomic E-state index is 0.306. The lowest BCUT2D eigenvalue weighted by Crippen LogP contribution is -2.27. The summed E-state index contributed by atoms with van der Waals surface area (Å²) in [6.07, 6.45) is 2.70. The second kappa shape index (κ2) is 6.48. The van der Waals surface area contributed by atoms with E-state index in [0.717, 1.165) is 32.2 Å². The minimum Gasteiger partial charge on any atom is -0.494 e. The molecule has 0 atom stereocenters. The highest BCUT2D eigenvalue weighted by Crippen LogP contribution is 2.32. The molecule has 0 saturated heterocycles. The lowest BCUT2D eigenvalue weighted by molar-refractivity contribution is 0.146. The standard InChI is InChI=1S/C16H16N4O3S/c21-16-17-5-1-6-22-10-2-3-12-11(8-10)15(20-19-12)13-9-18-14(24-13)4-7-23-16/h2-3,8-9H,1,4-7H2,(H,17,21)(H,19,20). The van der Waals surface area contributed by atoms with Gasteiger partial charge >= 0.3 is 6.09 Å². The van der Waals surface area contributed by atoms with Crippen LogP contribution in [0.5, 0.6) is 5.75 Å². The summed E-state index contributed by atoms with van der Waals surface area (Å²) in [5.41, 5.74) is 1.83. The Morgan fingerprint density at radius 2 is 2.17 bits per heavy atom. The van der Waals surface area contributed by atoms with Crippen molar-refractivity contribution in [1.82, 2.24) is 20.5 Å². The number of aromatic nitrogens is 3. The second-order valence-electron chi connectivity index (χ2n) is 5.41. The molecule has 24 heavy (non-hydrogen) atoms. The monoisotopic (exact) mass is 344 g/mol. The normalized spacial score (nSPS) is 15.8. The summed E-state index contributed by atoms with van der Waals surface area (Å²) >= 11 is 1.55. The van der Waals surface area contributed by atoms with Crippen LogP contribution in [0.4, 0.5) is 4.79 Å². The van der Waals surface area contributed by atoms with Crippen LogP contribution < -0.4 is 10.1 Å². The van der Waals surface area contributed by atoms with E-state index in [0.29, 0.717) is 32.6 Å². The van der Waals surface area contributed by atoms with Crippen LogP contribution in [0.1, 0.15) is 11.4 Å². The number of H-pyrrole nitrogens is 1. The van der Waals surface area contributed by atoms with Crippen molar-refractivity contribution < 1.29 is 14.3 Å². The maximum absolute atomic E-state index is 11.6. The van der Waals surface area contributed by atoms with Crippen LogP contribution in [0.15, 0.2) is 24.4 Å². The third-order valence-corrected chi connectivity index (χ3v) is 4.79. The molecule has 1 aliphatic heterocycles. The Hall–Kier alpha value is -2.61. The Bertz CT molecular complexity index is 873. The molecule has 0 radical (unpaired) electrons. The minimum atomic E-state index is -0.408. The zero-order chi connectivity index (χ0) is 16.4. The first kappa shape index (κ1) is 14.9. The van der Waals surface area contributed by atoms with Crippen LogP contribution in [-0.4, -0.2) is 41.0 Å². The number of thiazole rings is 1. The molecule has 4 bridgehead atoms. The van der Waals surface area contributed by atoms with Gasteiger partial charge < -0.3 is 14.8 Å². The van der Waals surface area contributed by atoms with Gasteiger partial charge in [-0.3, -0.25) is 5.10 Å². The van der Waals surface area contributed by atoms with Gasteiger partial charge in [0.2, 0.25) is 0 Å². The van der Waals surface area contributed by atoms with Gasteiger partial charge in [-0.2, -0.15) is 5.10 Å². The molecule has 4 rings (SSSR count). The third-order valence-electron chi connectivity index (χ3n) is 3.73. The van der Waals surface area contributed by atoms with Crippen molar-refractivity contribution in [1.29, 1.82) is 0 Å². The van der Waals surface area contributed by atoms with E-state index in [4.69, 9.17) is 9.47 Å². The average Bonchev–Trinajstić information content (AvgIpc) is 3.20. The molecular formula is C16H16N4O3S. The van der Waals surface area contributed by atoms with Gasteiger partial charge in [0.15, 0.2) is 0 Å². The molecule has 2 aromatic heterocycles. The molecule has 8 heteroatoms. The van der Waals surface area contributed by atoms with E-state index >= 15 is 0 Å². The number of ether oxygens (including phenoxy) is 2. The Morgan fingerprint density at radius 1 is 1.21 bits per heavy atom. The number of cyclic esters (lactones) is 1. The van der Waals surface area contributed by atoms with Crippen LogP contribution >= 0.6 is 11.3 Å². The molecule has 7 nitrogen and oxygen atoms in total. The number of aromatic amines is 1. The number of nitrogens with one attached hydrogen (secondary N) is 2. The first-order chi connectivity index (χ1) is 11.8. The van der Waals surface area contributed by atoms with Gasteiger partial charge in [0.1, 0.15) is 11.4 Å². The van der Waals surface area contributed by atoms with Crippen molar-refractivity contribution in [2.24, 2.45) is 0 Å². The number of carbonyl (C=O) groups excluding carboxylic acids is 1. The number of carbonyl (C=O) groups is 1. The maximum Gasteiger partial charge on any atom is 0.407 e. The highest BCUT2D eigenvalue weighted by molar-refractivity contribution is 7.15. The Balaban J connectivity index is 1.69. The van der Waals surface area contributed by atoms with Gasteiger partial charge in [0, 0.05) is 24.5 Å². The molecule has 1 aromatic carbocycles. The summed E-state index contributed by atoms with van der Waals surface area (Å²) in [5.74, 6) is 0.782. The van der Waals surface area contributed by atoms with E-state index in [1.165, 1.54) is 0 Å². The number of nitrogens with zero attached hydrogens (tertiary/aromatic N) is 2. The first-order valence-corrected chi connectivity index (χ1v) is 8.58. The molecule has 0 saturated carbocycles. The smallest absolute Gasteiger partial charge is 0.407 e. The number of rotatable bonds is 0. The Labute approximate surface area is 142 Å². The molecule has 3 heterocycles. The van der Waals surface area contributed by atoms with Crippen LogP contribution in [0.2, 0.25) is 0 Å². The quantitative estimate of drug-likeness (QED) is 0.654. The van der Waals surface area contributed by atoms with Crippen molar-refractivity contribution in [3.8, 4) is 16.3 Å². The van der Waals surface area contributed by atoms with E-state index in [1.54, 1.807) is 17.5 Å². The summed E-state index contributed by atoms with van der Waals surface area (Å²) in [7, 11) is 0. The number of alkyl carbamates (subject to hydrolysis) is 1. The van der Waals surface area contributed by atoms with Gasteiger partial charge in [-0.15, -0.1) is 11.3 Å². The third kappa shape index (κ3) is 3.05. The lowest BCUT2D eigenvalue weighted by Gasteiger charge is -2.08. The lowest BCUT2D eigenvalue weighted by atomic mass is 10.2. The van der Waals surface area contributed by atoms with Gasteiger partial charge in [0.05, 0.1) is 28.6 Å². The molecule has 2 N–H and O–H groups in total. The van der Waals surface area contributed by atoms with Crippen molar-refractivity contribution >= 4 is 28.3 Å². The Kier molecular flexibility index (Phi) is 4.04. The van der Waals surface area contributed by atoms with Crippen LogP contribution in [-0.2, 0) is 11.2 Å². The molecule has 0 unspecified atom stereocenters. The fraction of sp³-hybridized carbons (Fsp3) is 0.312. The molecule has 1 aliphatic rings. The molecule has 124 valence electrons. The van der Waals surface area contributed by atoms with Crippen molar-refractivity contribution in [3.63, 3.8) is 0 Å². The predicted octanol–water partition coefficient (Wildman–Crippen LogP) is 2.74. The van der Waals surface area contributed by atoms with Crippen LogP contribution in [0, 0.1) is 0 Å². The van der Waals surface area contributed by atoms with E-state index in [9.17, 15) is 4.79 Å². The largest absolute Gasteiger partial charge is 0.494 e.